The van der Waals surface area contributed by atoms with Crippen LogP contribution < -0.4 is 10.2 Å². The van der Waals surface area contributed by atoms with Gasteiger partial charge in [0.1, 0.15) is 13.6 Å². The Balaban J connectivity index is 3.21. The van der Waals surface area contributed by atoms with Gasteiger partial charge in [-0.25, -0.2) is 0 Å². The van der Waals surface area contributed by atoms with Gasteiger partial charge in [0.05, 0.1) is 12.1 Å². The van der Waals surface area contributed by atoms with Gasteiger partial charge in [-0.2, -0.15) is 0 Å². The first-order valence-corrected chi connectivity index (χ1v) is 3.69. The summed E-state index contributed by atoms with van der Waals surface area (Å²) in [4.78, 5) is 0. The lowest BCUT2D eigenvalue weighted by Gasteiger charge is -2.05. The summed E-state index contributed by atoms with van der Waals surface area (Å²) >= 11 is 11.4. The fourth-order valence-corrected chi connectivity index (χ4v) is 1.16. The van der Waals surface area contributed by atoms with Gasteiger partial charge in [-0.05, 0) is 12.1 Å². The Morgan fingerprint density at radius 3 is 2.45 bits per heavy atom. The second-order valence-electron chi connectivity index (χ2n) is 2.01. The minimum atomic E-state index is 0.441. The minimum Gasteiger partial charge on any atom is -0.495 e. The van der Waals surface area contributed by atoms with Crippen LogP contribution in [-0.2, 0) is 0 Å². The predicted molar refractivity (Wildman–Crippen MR) is 48.4 cm³/mol. The molecule has 0 aliphatic carbocycles. The van der Waals surface area contributed by atoms with Gasteiger partial charge in [-0.1, -0.05) is 28.7 Å². The maximum Gasteiger partial charge on any atom is 0.136 e. The van der Waals surface area contributed by atoms with Gasteiger partial charge >= 0.3 is 0 Å². The van der Waals surface area contributed by atoms with Crippen molar-refractivity contribution in [1.82, 2.24) is 0 Å². The Kier molecular flexibility index (Phi) is 2.69. The predicted octanol–water partition coefficient (Wildman–Crippen LogP) is 1.80. The summed E-state index contributed by atoms with van der Waals surface area (Å²) in [5.41, 5.74) is 0.466. The molecule has 4 heteroatoms. The largest absolute Gasteiger partial charge is 0.495 e. The highest BCUT2D eigenvalue weighted by Gasteiger charge is 2.02. The van der Waals surface area contributed by atoms with Crippen LogP contribution >= 0.6 is 23.2 Å². The summed E-state index contributed by atoms with van der Waals surface area (Å²) in [6.45, 7) is 0. The highest BCUT2D eigenvalue weighted by atomic mass is 35.5. The third-order valence-electron chi connectivity index (χ3n) is 1.27. The van der Waals surface area contributed by atoms with Crippen LogP contribution in [-0.4, -0.2) is 15.0 Å². The second-order valence-corrected chi connectivity index (χ2v) is 2.82. The number of ether oxygens (including phenoxy) is 1. The molecule has 0 atom stereocenters. The molecule has 1 aromatic carbocycles. The number of hydrogen-bond acceptors (Lipinski definition) is 1. The van der Waals surface area contributed by atoms with Gasteiger partial charge in [-0.3, -0.25) is 0 Å². The normalized spacial score (nSPS) is 9.73. The van der Waals surface area contributed by atoms with E-state index in [2.05, 4.69) is 0 Å². The molecule has 0 heterocycles. The molecule has 2 radical (unpaired) electrons. The molecule has 0 spiro atoms. The molecule has 0 fully saturated rings. The zero-order chi connectivity index (χ0) is 8.43. The molecule has 0 bridgehead atoms. The molecule has 1 nitrogen and oxygen atoms in total. The van der Waals surface area contributed by atoms with E-state index in [9.17, 15) is 0 Å². The van der Waals surface area contributed by atoms with Gasteiger partial charge < -0.3 is 4.74 Å². The summed E-state index contributed by atoms with van der Waals surface area (Å²) in [5, 5.41) is 0.905. The number of rotatable bonds is 1. The van der Waals surface area contributed by atoms with E-state index < -0.39 is 0 Å². The molecular formula is C7H5BCl2O. The standard InChI is InChI=1S/C7H5BCl2O/c1-11-7-2-4(8)5(9)3-6(7)10/h2-3H,1H3. The van der Waals surface area contributed by atoms with E-state index >= 15 is 0 Å². The topological polar surface area (TPSA) is 9.23 Å². The van der Waals surface area contributed by atoms with Crippen LogP contribution in [0.25, 0.3) is 0 Å². The van der Waals surface area contributed by atoms with Gasteiger partial charge in [0.2, 0.25) is 0 Å². The van der Waals surface area contributed by atoms with Gasteiger partial charge in [0.25, 0.3) is 0 Å². The van der Waals surface area contributed by atoms with E-state index in [1.807, 2.05) is 0 Å². The van der Waals surface area contributed by atoms with Crippen LogP contribution in [0.15, 0.2) is 12.1 Å². The van der Waals surface area contributed by atoms with E-state index in [1.54, 1.807) is 12.1 Å². The highest BCUT2D eigenvalue weighted by molar-refractivity contribution is 6.46. The second kappa shape index (κ2) is 3.37. The lowest BCUT2D eigenvalue weighted by atomic mass is 9.96. The molecule has 11 heavy (non-hydrogen) atoms. The van der Waals surface area contributed by atoms with Crippen molar-refractivity contribution in [2.45, 2.75) is 0 Å². The zero-order valence-corrected chi connectivity index (χ0v) is 7.41. The van der Waals surface area contributed by atoms with E-state index in [1.165, 1.54) is 7.11 Å². The van der Waals surface area contributed by atoms with Crippen molar-refractivity contribution in [3.05, 3.63) is 22.2 Å². The first-order valence-electron chi connectivity index (χ1n) is 2.93. The summed E-state index contributed by atoms with van der Waals surface area (Å²) in [7, 11) is 7.02. The minimum absolute atomic E-state index is 0.441. The molecule has 0 aromatic heterocycles. The summed E-state index contributed by atoms with van der Waals surface area (Å²) in [5.74, 6) is 0.536. The fraction of sp³-hybridized carbons (Fsp3) is 0.143. The summed E-state index contributed by atoms with van der Waals surface area (Å²) in [6.07, 6.45) is 0. The Hall–Kier alpha value is -0.335. The van der Waals surface area contributed by atoms with Crippen LogP contribution in [0.5, 0.6) is 5.75 Å². The van der Waals surface area contributed by atoms with E-state index in [0.29, 0.717) is 21.3 Å². The lowest BCUT2D eigenvalue weighted by molar-refractivity contribution is 0.415. The number of benzene rings is 1. The van der Waals surface area contributed by atoms with Gasteiger partial charge in [0, 0.05) is 5.02 Å². The van der Waals surface area contributed by atoms with Crippen molar-refractivity contribution in [3.63, 3.8) is 0 Å². The maximum atomic E-state index is 5.74. The van der Waals surface area contributed by atoms with E-state index in [0.717, 1.165) is 0 Å². The first-order chi connectivity index (χ1) is 5.15. The molecule has 0 aliphatic rings. The van der Waals surface area contributed by atoms with Crippen LogP contribution in [0.3, 0.4) is 0 Å². The molecule has 0 unspecified atom stereocenters. The van der Waals surface area contributed by atoms with Gasteiger partial charge in [0.15, 0.2) is 0 Å². The highest BCUT2D eigenvalue weighted by Crippen LogP contribution is 2.25. The SMILES string of the molecule is [B]c1cc(OC)c(Cl)cc1Cl. The Morgan fingerprint density at radius 1 is 1.27 bits per heavy atom. The Bertz CT molecular complexity index is 275. The Morgan fingerprint density at radius 2 is 1.91 bits per heavy atom. The quantitative estimate of drug-likeness (QED) is 0.608. The molecule has 0 saturated heterocycles. The van der Waals surface area contributed by atoms with Crippen LogP contribution in [0, 0.1) is 0 Å². The summed E-state index contributed by atoms with van der Waals surface area (Å²) in [6, 6.07) is 3.14. The fourth-order valence-electron chi connectivity index (χ4n) is 0.701. The first kappa shape index (κ1) is 8.76. The monoisotopic (exact) mass is 186 g/mol. The summed E-state index contributed by atoms with van der Waals surface area (Å²) < 4.78 is 4.91. The van der Waals surface area contributed by atoms with E-state index in [4.69, 9.17) is 35.8 Å². The average molecular weight is 187 g/mol. The van der Waals surface area contributed by atoms with Crippen LogP contribution in [0.1, 0.15) is 0 Å². The molecular weight excluding hydrogens is 182 g/mol. The van der Waals surface area contributed by atoms with Crippen molar-refractivity contribution in [2.75, 3.05) is 7.11 Å². The number of halogens is 2. The van der Waals surface area contributed by atoms with Crippen LogP contribution in [0.2, 0.25) is 10.0 Å². The molecule has 56 valence electrons. The number of hydrogen-bond donors (Lipinski definition) is 0. The van der Waals surface area contributed by atoms with Gasteiger partial charge in [-0.15, -0.1) is 0 Å². The number of methoxy groups -OCH3 is 1. The third kappa shape index (κ3) is 1.82. The molecule has 0 aliphatic heterocycles. The molecule has 0 N–H and O–H groups in total. The zero-order valence-electron chi connectivity index (χ0n) is 5.90. The molecule has 1 rings (SSSR count). The van der Waals surface area contributed by atoms with Crippen molar-refractivity contribution in [3.8, 4) is 5.75 Å². The average Bonchev–Trinajstić information content (AvgIpc) is 1.97. The van der Waals surface area contributed by atoms with Crippen molar-refractivity contribution in [1.29, 1.82) is 0 Å². The third-order valence-corrected chi connectivity index (χ3v) is 1.89. The van der Waals surface area contributed by atoms with Crippen molar-refractivity contribution >= 4 is 36.5 Å². The van der Waals surface area contributed by atoms with Crippen molar-refractivity contribution < 1.29 is 4.74 Å². The smallest absolute Gasteiger partial charge is 0.136 e. The van der Waals surface area contributed by atoms with Crippen molar-refractivity contribution in [2.24, 2.45) is 0 Å². The maximum absolute atomic E-state index is 5.74. The lowest BCUT2D eigenvalue weighted by Crippen LogP contribution is -2.04. The van der Waals surface area contributed by atoms with E-state index in [-0.39, 0.29) is 0 Å². The molecule has 1 aromatic rings. The Labute approximate surface area is 76.7 Å². The molecule has 0 amide bonds. The van der Waals surface area contributed by atoms with Crippen LogP contribution in [0.4, 0.5) is 0 Å². The molecule has 0 saturated carbocycles.